The third-order valence-electron chi connectivity index (χ3n) is 6.83. The summed E-state index contributed by atoms with van der Waals surface area (Å²) in [6.45, 7) is 4.36. The van der Waals surface area contributed by atoms with Gasteiger partial charge in [-0.2, -0.15) is 0 Å². The number of carbonyl (C=O) groups excluding carboxylic acids is 1. The normalized spacial score (nSPS) is 20.5. The highest BCUT2D eigenvalue weighted by atomic mass is 16.1. The number of hydrogen-bond acceptors (Lipinski definition) is 3. The van der Waals surface area contributed by atoms with Crippen molar-refractivity contribution in [3.8, 4) is 0 Å². The van der Waals surface area contributed by atoms with E-state index in [1.54, 1.807) is 6.07 Å². The molecule has 2 unspecified atom stereocenters. The van der Waals surface area contributed by atoms with Gasteiger partial charge in [-0.15, -0.1) is 0 Å². The molecule has 2 atom stereocenters. The second-order valence-electron chi connectivity index (χ2n) is 9.02. The van der Waals surface area contributed by atoms with E-state index in [9.17, 15) is 9.59 Å². The molecule has 6 heteroatoms. The lowest BCUT2D eigenvalue weighted by Gasteiger charge is -2.42. The number of pyridine rings is 1. The Kier molecular flexibility index (Phi) is 5.64. The van der Waals surface area contributed by atoms with E-state index in [0.717, 1.165) is 44.5 Å². The first-order chi connectivity index (χ1) is 15.2. The van der Waals surface area contributed by atoms with Crippen LogP contribution in [0.3, 0.4) is 0 Å². The Balaban J connectivity index is 1.06. The van der Waals surface area contributed by atoms with Gasteiger partial charge in [0, 0.05) is 73.9 Å². The van der Waals surface area contributed by atoms with Crippen LogP contribution in [0.5, 0.6) is 0 Å². The fourth-order valence-electron chi connectivity index (χ4n) is 5.40. The standard InChI is InChI=1S/C25H30N4O2/c30-24(9-3-5-19-14-27-22-7-2-1-6-21(19)22)26-11-12-28-15-18-13-20(17-28)23-8-4-10-25(31)29(23)16-18/h1-2,4,6-8,10,14,18,20,27H,3,5,9,11-13,15-17H2,(H,26,30). The Hall–Kier alpha value is -2.86. The van der Waals surface area contributed by atoms with Gasteiger partial charge in [0.1, 0.15) is 0 Å². The molecule has 1 saturated heterocycles. The molecular formula is C25H30N4O2. The molecule has 0 saturated carbocycles. The van der Waals surface area contributed by atoms with Crippen LogP contribution in [0.25, 0.3) is 10.9 Å². The SMILES string of the molecule is O=C(CCCc1c[nH]c2ccccc12)NCCN1CC2CC(C1)c1cccc(=O)n1C2. The van der Waals surface area contributed by atoms with E-state index in [0.29, 0.717) is 24.8 Å². The number of carbonyl (C=O) groups is 1. The monoisotopic (exact) mass is 418 g/mol. The largest absolute Gasteiger partial charge is 0.361 e. The van der Waals surface area contributed by atoms with E-state index in [4.69, 9.17) is 0 Å². The van der Waals surface area contributed by atoms with Crippen LogP contribution >= 0.6 is 0 Å². The lowest BCUT2D eigenvalue weighted by atomic mass is 9.83. The van der Waals surface area contributed by atoms with Crippen LogP contribution in [0.15, 0.2) is 53.5 Å². The van der Waals surface area contributed by atoms with Gasteiger partial charge in [0.05, 0.1) is 0 Å². The number of para-hydroxylation sites is 1. The van der Waals surface area contributed by atoms with Gasteiger partial charge < -0.3 is 19.8 Å². The molecule has 2 aliphatic heterocycles. The van der Waals surface area contributed by atoms with Gasteiger partial charge in [0.15, 0.2) is 0 Å². The number of aromatic nitrogens is 2. The molecule has 162 valence electrons. The van der Waals surface area contributed by atoms with E-state index in [-0.39, 0.29) is 11.5 Å². The quantitative estimate of drug-likeness (QED) is 0.620. The van der Waals surface area contributed by atoms with Crippen molar-refractivity contribution in [1.29, 1.82) is 0 Å². The van der Waals surface area contributed by atoms with Crippen molar-refractivity contribution in [2.45, 2.75) is 38.1 Å². The first-order valence-electron chi connectivity index (χ1n) is 11.4. The summed E-state index contributed by atoms with van der Waals surface area (Å²) in [5.74, 6) is 1.08. The first kappa shape index (κ1) is 20.1. The summed E-state index contributed by atoms with van der Waals surface area (Å²) in [5, 5.41) is 4.35. The van der Waals surface area contributed by atoms with E-state index in [1.807, 2.05) is 16.7 Å². The fourth-order valence-corrected chi connectivity index (χ4v) is 5.40. The minimum absolute atomic E-state index is 0.126. The minimum atomic E-state index is 0.126. The molecule has 2 bridgehead atoms. The van der Waals surface area contributed by atoms with Gasteiger partial charge in [0.2, 0.25) is 5.91 Å². The molecule has 0 aliphatic carbocycles. The molecule has 5 rings (SSSR count). The van der Waals surface area contributed by atoms with Crippen molar-refractivity contribution in [2.24, 2.45) is 5.92 Å². The summed E-state index contributed by atoms with van der Waals surface area (Å²) < 4.78 is 1.96. The van der Waals surface area contributed by atoms with Crippen LogP contribution in [-0.2, 0) is 17.8 Å². The molecule has 2 N–H and O–H groups in total. The number of benzene rings is 1. The number of hydrogen-bond donors (Lipinski definition) is 2. The molecule has 1 fully saturated rings. The number of rotatable bonds is 7. The van der Waals surface area contributed by atoms with Crippen molar-refractivity contribution in [3.63, 3.8) is 0 Å². The van der Waals surface area contributed by atoms with Gasteiger partial charge in [-0.25, -0.2) is 0 Å². The number of piperidine rings is 1. The van der Waals surface area contributed by atoms with Crippen molar-refractivity contribution < 1.29 is 4.79 Å². The summed E-state index contributed by atoms with van der Waals surface area (Å²) in [6, 6.07) is 13.9. The highest BCUT2D eigenvalue weighted by Crippen LogP contribution is 2.34. The van der Waals surface area contributed by atoms with E-state index < -0.39 is 0 Å². The van der Waals surface area contributed by atoms with E-state index in [2.05, 4.69) is 45.7 Å². The van der Waals surface area contributed by atoms with Gasteiger partial charge in [-0.3, -0.25) is 9.59 Å². The molecule has 1 aromatic carbocycles. The van der Waals surface area contributed by atoms with Gasteiger partial charge in [0.25, 0.3) is 5.56 Å². The summed E-state index contributed by atoms with van der Waals surface area (Å²) in [7, 11) is 0. The highest BCUT2D eigenvalue weighted by Gasteiger charge is 2.34. The Bertz CT molecular complexity index is 1130. The maximum absolute atomic E-state index is 12.3. The number of fused-ring (bicyclic) bond motifs is 5. The summed E-state index contributed by atoms with van der Waals surface area (Å²) in [6.07, 6.45) is 5.54. The topological polar surface area (TPSA) is 70.1 Å². The number of aromatic amines is 1. The maximum Gasteiger partial charge on any atom is 0.250 e. The molecule has 2 aromatic heterocycles. The predicted molar refractivity (Wildman–Crippen MR) is 122 cm³/mol. The average Bonchev–Trinajstić information content (AvgIpc) is 3.18. The molecule has 1 amide bonds. The predicted octanol–water partition coefficient (Wildman–Crippen LogP) is 2.89. The second kappa shape index (κ2) is 8.71. The van der Waals surface area contributed by atoms with Crippen LogP contribution in [-0.4, -0.2) is 46.5 Å². The van der Waals surface area contributed by atoms with E-state index in [1.165, 1.54) is 23.1 Å². The Morgan fingerprint density at radius 2 is 2.00 bits per heavy atom. The van der Waals surface area contributed by atoms with Crippen molar-refractivity contribution in [2.75, 3.05) is 26.2 Å². The number of aryl methyl sites for hydroxylation is 1. The van der Waals surface area contributed by atoms with Crippen molar-refractivity contribution >= 4 is 16.8 Å². The third-order valence-corrected chi connectivity index (χ3v) is 6.83. The number of nitrogens with zero attached hydrogens (tertiary/aromatic N) is 2. The zero-order chi connectivity index (χ0) is 21.2. The van der Waals surface area contributed by atoms with Gasteiger partial charge in [-0.05, 0) is 42.9 Å². The highest BCUT2D eigenvalue weighted by molar-refractivity contribution is 5.83. The van der Waals surface area contributed by atoms with Crippen LogP contribution in [0.2, 0.25) is 0 Å². The smallest absolute Gasteiger partial charge is 0.250 e. The Labute approximate surface area is 182 Å². The minimum Gasteiger partial charge on any atom is -0.361 e. The molecular weight excluding hydrogens is 388 g/mol. The van der Waals surface area contributed by atoms with Crippen molar-refractivity contribution in [3.05, 3.63) is 70.3 Å². The molecule has 6 nitrogen and oxygen atoms in total. The van der Waals surface area contributed by atoms with Crippen molar-refractivity contribution in [1.82, 2.24) is 19.8 Å². The molecule has 31 heavy (non-hydrogen) atoms. The molecule has 2 aliphatic rings. The van der Waals surface area contributed by atoms with Gasteiger partial charge >= 0.3 is 0 Å². The number of amides is 1. The number of likely N-dealkylation sites (tertiary alicyclic amines) is 1. The Morgan fingerprint density at radius 1 is 1.10 bits per heavy atom. The van der Waals surface area contributed by atoms with Crippen LogP contribution < -0.4 is 10.9 Å². The third kappa shape index (κ3) is 4.30. The molecule has 3 aromatic rings. The first-order valence-corrected chi connectivity index (χ1v) is 11.4. The van der Waals surface area contributed by atoms with Crippen LogP contribution in [0, 0.1) is 5.92 Å². The Morgan fingerprint density at radius 3 is 2.94 bits per heavy atom. The lowest BCUT2D eigenvalue weighted by Crippen LogP contribution is -2.48. The van der Waals surface area contributed by atoms with Crippen LogP contribution in [0.1, 0.15) is 36.4 Å². The molecule has 4 heterocycles. The van der Waals surface area contributed by atoms with Crippen LogP contribution in [0.4, 0.5) is 0 Å². The number of H-pyrrole nitrogens is 1. The summed E-state index contributed by atoms with van der Waals surface area (Å²) in [4.78, 5) is 30.2. The zero-order valence-electron chi connectivity index (χ0n) is 17.8. The fraction of sp³-hybridized carbons (Fsp3) is 0.440. The number of nitrogens with one attached hydrogen (secondary N) is 2. The lowest BCUT2D eigenvalue weighted by molar-refractivity contribution is -0.121. The van der Waals surface area contributed by atoms with Gasteiger partial charge in [-0.1, -0.05) is 24.3 Å². The summed E-state index contributed by atoms with van der Waals surface area (Å²) >= 11 is 0. The molecule has 0 radical (unpaired) electrons. The maximum atomic E-state index is 12.3. The zero-order valence-corrected chi connectivity index (χ0v) is 17.8. The van der Waals surface area contributed by atoms with E-state index >= 15 is 0 Å². The molecule has 0 spiro atoms. The summed E-state index contributed by atoms with van der Waals surface area (Å²) in [5.41, 5.74) is 3.73. The second-order valence-corrected chi connectivity index (χ2v) is 9.02. The average molecular weight is 419 g/mol.